The van der Waals surface area contributed by atoms with E-state index in [1.165, 1.54) is 17.4 Å². The summed E-state index contributed by atoms with van der Waals surface area (Å²) in [5, 5.41) is 5.85. The van der Waals surface area contributed by atoms with Gasteiger partial charge in [-0.05, 0) is 37.0 Å². The summed E-state index contributed by atoms with van der Waals surface area (Å²) in [6.45, 7) is 3.47. The van der Waals surface area contributed by atoms with Crippen molar-refractivity contribution in [2.45, 2.75) is 32.5 Å². The van der Waals surface area contributed by atoms with E-state index < -0.39 is 17.9 Å². The standard InChI is InChI=1S/C21H22F3N5OS/c1-13-8-10-29(11-9-13)18-14(6-7-17(27-18)21(22,23)24)12-25-19(30)28-20-26-15-4-2-3-5-16(15)31-20/h2-7,13H,8-12H2,1H3,(H2,25,26,28,30). The predicted octanol–water partition coefficient (Wildman–Crippen LogP) is 5.27. The smallest absolute Gasteiger partial charge is 0.356 e. The van der Waals surface area contributed by atoms with Crippen molar-refractivity contribution in [3.63, 3.8) is 0 Å². The van der Waals surface area contributed by atoms with Crippen molar-refractivity contribution in [1.29, 1.82) is 0 Å². The zero-order chi connectivity index (χ0) is 22.0. The molecule has 1 aromatic carbocycles. The Morgan fingerprint density at radius 1 is 1.16 bits per heavy atom. The molecule has 31 heavy (non-hydrogen) atoms. The molecule has 3 aromatic rings. The molecule has 1 aliphatic rings. The molecule has 164 valence electrons. The third kappa shape index (κ3) is 5.07. The first kappa shape index (κ1) is 21.4. The zero-order valence-corrected chi connectivity index (χ0v) is 17.7. The molecule has 10 heteroatoms. The van der Waals surface area contributed by atoms with Crippen molar-refractivity contribution in [2.24, 2.45) is 5.92 Å². The molecular weight excluding hydrogens is 427 g/mol. The maximum Gasteiger partial charge on any atom is 0.433 e. The second-order valence-corrected chi connectivity index (χ2v) is 8.67. The van der Waals surface area contributed by atoms with Crippen LogP contribution in [0.5, 0.6) is 0 Å². The number of urea groups is 1. The van der Waals surface area contributed by atoms with Crippen molar-refractivity contribution in [1.82, 2.24) is 15.3 Å². The number of hydrogen-bond donors (Lipinski definition) is 2. The number of rotatable bonds is 4. The maximum atomic E-state index is 13.2. The van der Waals surface area contributed by atoms with Gasteiger partial charge in [0.2, 0.25) is 0 Å². The lowest BCUT2D eigenvalue weighted by Gasteiger charge is -2.33. The number of carbonyl (C=O) groups is 1. The monoisotopic (exact) mass is 449 g/mol. The molecule has 0 bridgehead atoms. The maximum absolute atomic E-state index is 13.2. The normalized spacial score (nSPS) is 15.3. The average molecular weight is 450 g/mol. The van der Waals surface area contributed by atoms with Crippen LogP contribution in [0, 0.1) is 5.92 Å². The molecule has 6 nitrogen and oxygen atoms in total. The Balaban J connectivity index is 1.48. The summed E-state index contributed by atoms with van der Waals surface area (Å²) in [6.07, 6.45) is -2.74. The number of nitrogens with one attached hydrogen (secondary N) is 2. The molecule has 0 radical (unpaired) electrons. The quantitative estimate of drug-likeness (QED) is 0.570. The molecule has 2 N–H and O–H groups in total. The van der Waals surface area contributed by atoms with Crippen molar-refractivity contribution >= 4 is 38.5 Å². The van der Waals surface area contributed by atoms with E-state index in [0.717, 1.165) is 29.1 Å². The number of hydrogen-bond acceptors (Lipinski definition) is 5. The van der Waals surface area contributed by atoms with Crippen LogP contribution >= 0.6 is 11.3 Å². The SMILES string of the molecule is CC1CCN(c2nc(C(F)(F)F)ccc2CNC(=O)Nc2nc3ccccc3s2)CC1. The van der Waals surface area contributed by atoms with Gasteiger partial charge in [0.1, 0.15) is 11.5 Å². The lowest BCUT2D eigenvalue weighted by atomic mass is 9.99. The fourth-order valence-electron chi connectivity index (χ4n) is 3.51. The molecule has 0 saturated carbocycles. The minimum atomic E-state index is -4.52. The van der Waals surface area contributed by atoms with Gasteiger partial charge in [-0.25, -0.2) is 14.8 Å². The number of thiazole rings is 1. The minimum Gasteiger partial charge on any atom is -0.356 e. The number of carbonyl (C=O) groups excluding carboxylic acids is 1. The predicted molar refractivity (Wildman–Crippen MR) is 115 cm³/mol. The van der Waals surface area contributed by atoms with E-state index in [2.05, 4.69) is 27.5 Å². The van der Waals surface area contributed by atoms with Crippen LogP contribution in [-0.2, 0) is 12.7 Å². The topological polar surface area (TPSA) is 70.2 Å². The first-order chi connectivity index (χ1) is 14.8. The van der Waals surface area contributed by atoms with Gasteiger partial charge in [0.25, 0.3) is 0 Å². The third-order valence-electron chi connectivity index (χ3n) is 5.28. The van der Waals surface area contributed by atoms with E-state index in [9.17, 15) is 18.0 Å². The molecule has 1 aliphatic heterocycles. The Morgan fingerprint density at radius 3 is 2.61 bits per heavy atom. The van der Waals surface area contributed by atoms with E-state index in [4.69, 9.17) is 0 Å². The van der Waals surface area contributed by atoms with Crippen LogP contribution in [0.25, 0.3) is 10.2 Å². The summed E-state index contributed by atoms with van der Waals surface area (Å²) in [5.41, 5.74) is 0.405. The molecule has 1 saturated heterocycles. The van der Waals surface area contributed by atoms with Crippen LogP contribution in [-0.4, -0.2) is 29.1 Å². The Labute approximate surface area is 181 Å². The van der Waals surface area contributed by atoms with Crippen molar-refractivity contribution in [3.8, 4) is 0 Å². The van der Waals surface area contributed by atoms with Gasteiger partial charge in [0.15, 0.2) is 5.13 Å². The van der Waals surface area contributed by atoms with Gasteiger partial charge in [0.05, 0.1) is 10.2 Å². The number of para-hydroxylation sites is 1. The molecule has 0 unspecified atom stereocenters. The highest BCUT2D eigenvalue weighted by Gasteiger charge is 2.34. The number of fused-ring (bicyclic) bond motifs is 1. The largest absolute Gasteiger partial charge is 0.433 e. The highest BCUT2D eigenvalue weighted by atomic mass is 32.1. The highest BCUT2D eigenvalue weighted by Crippen LogP contribution is 2.32. The van der Waals surface area contributed by atoms with E-state index in [1.54, 1.807) is 0 Å². The van der Waals surface area contributed by atoms with Crippen LogP contribution < -0.4 is 15.5 Å². The second kappa shape index (κ2) is 8.70. The number of benzene rings is 1. The van der Waals surface area contributed by atoms with Gasteiger partial charge < -0.3 is 10.2 Å². The molecule has 0 aliphatic carbocycles. The summed E-state index contributed by atoms with van der Waals surface area (Å²) >= 11 is 1.35. The second-order valence-electron chi connectivity index (χ2n) is 7.64. The lowest BCUT2D eigenvalue weighted by Crippen LogP contribution is -2.35. The van der Waals surface area contributed by atoms with Crippen molar-refractivity contribution < 1.29 is 18.0 Å². The van der Waals surface area contributed by atoms with Gasteiger partial charge in [-0.1, -0.05) is 36.5 Å². The van der Waals surface area contributed by atoms with Gasteiger partial charge >= 0.3 is 12.2 Å². The Hall–Kier alpha value is -2.88. The number of anilines is 2. The number of pyridine rings is 1. The molecule has 2 amide bonds. The number of nitrogens with zero attached hydrogens (tertiary/aromatic N) is 3. The molecule has 3 heterocycles. The summed E-state index contributed by atoms with van der Waals surface area (Å²) in [4.78, 5) is 22.5. The fourth-order valence-corrected chi connectivity index (χ4v) is 4.37. The van der Waals surface area contributed by atoms with E-state index in [1.807, 2.05) is 29.2 Å². The molecular formula is C21H22F3N5OS. The summed E-state index contributed by atoms with van der Waals surface area (Å²) < 4.78 is 40.6. The van der Waals surface area contributed by atoms with Crippen molar-refractivity contribution in [3.05, 3.63) is 47.7 Å². The van der Waals surface area contributed by atoms with Crippen LogP contribution in [0.2, 0.25) is 0 Å². The van der Waals surface area contributed by atoms with Gasteiger partial charge in [-0.15, -0.1) is 0 Å². The van der Waals surface area contributed by atoms with E-state index in [0.29, 0.717) is 29.7 Å². The van der Waals surface area contributed by atoms with E-state index >= 15 is 0 Å². The molecule has 4 rings (SSSR count). The number of amides is 2. The minimum absolute atomic E-state index is 0.0588. The number of alkyl halides is 3. The molecule has 1 fully saturated rings. The first-order valence-corrected chi connectivity index (χ1v) is 10.8. The lowest BCUT2D eigenvalue weighted by molar-refractivity contribution is -0.141. The van der Waals surface area contributed by atoms with Crippen LogP contribution in [0.4, 0.5) is 28.9 Å². The van der Waals surface area contributed by atoms with Crippen molar-refractivity contribution in [2.75, 3.05) is 23.3 Å². The Kier molecular flexibility index (Phi) is 5.99. The third-order valence-corrected chi connectivity index (χ3v) is 6.24. The number of halogens is 3. The molecule has 0 spiro atoms. The Morgan fingerprint density at radius 2 is 1.90 bits per heavy atom. The van der Waals surface area contributed by atoms with Crippen LogP contribution in [0.1, 0.15) is 31.0 Å². The average Bonchev–Trinajstić information content (AvgIpc) is 3.14. The summed E-state index contributed by atoms with van der Waals surface area (Å²) in [7, 11) is 0. The van der Waals surface area contributed by atoms with Crippen LogP contribution in [0.15, 0.2) is 36.4 Å². The van der Waals surface area contributed by atoms with Gasteiger partial charge in [-0.3, -0.25) is 5.32 Å². The van der Waals surface area contributed by atoms with Crippen LogP contribution in [0.3, 0.4) is 0 Å². The number of aromatic nitrogens is 2. The molecule has 0 atom stereocenters. The number of piperidine rings is 1. The molecule has 2 aromatic heterocycles. The fraction of sp³-hybridized carbons (Fsp3) is 0.381. The first-order valence-electron chi connectivity index (χ1n) is 10.0. The van der Waals surface area contributed by atoms with Gasteiger partial charge in [-0.2, -0.15) is 13.2 Å². The Bertz CT molecular complexity index is 1040. The highest BCUT2D eigenvalue weighted by molar-refractivity contribution is 7.22. The zero-order valence-electron chi connectivity index (χ0n) is 16.9. The summed E-state index contributed by atoms with van der Waals surface area (Å²) in [5.74, 6) is 0.810. The summed E-state index contributed by atoms with van der Waals surface area (Å²) in [6, 6.07) is 9.40. The van der Waals surface area contributed by atoms with E-state index in [-0.39, 0.29) is 12.4 Å². The van der Waals surface area contributed by atoms with Gasteiger partial charge in [0, 0.05) is 25.2 Å².